The molecule has 0 radical (unpaired) electrons. The Labute approximate surface area is 155 Å². The van der Waals surface area contributed by atoms with Crippen molar-refractivity contribution in [2.75, 3.05) is 68.4 Å². The fourth-order valence-corrected chi connectivity index (χ4v) is 3.25. The molecule has 0 aromatic heterocycles. The molecule has 1 aromatic rings. The second-order valence-electron chi connectivity index (χ2n) is 6.20. The van der Waals surface area contributed by atoms with Gasteiger partial charge >= 0.3 is 0 Å². The van der Waals surface area contributed by atoms with Crippen LogP contribution >= 0.6 is 0 Å². The Balaban J connectivity index is 0. The number of nitrogen functional groups attached to an aromatic ring is 1. The van der Waals surface area contributed by atoms with E-state index >= 15 is 0 Å². The van der Waals surface area contributed by atoms with Crippen molar-refractivity contribution < 1.29 is 26.6 Å². The molecule has 2 heterocycles. The molecule has 2 fully saturated rings. The van der Waals surface area contributed by atoms with Gasteiger partial charge in [0.05, 0.1) is 24.6 Å². The molecule has 0 unspecified atom stereocenters. The quantitative estimate of drug-likeness (QED) is 0.605. The number of hydrogen-bond donors (Lipinski definition) is 2. The van der Waals surface area contributed by atoms with Gasteiger partial charge in [-0.05, 0) is 37.5 Å². The minimum atomic E-state index is 0. The van der Waals surface area contributed by atoms with E-state index in [1.165, 1.54) is 30.6 Å². The van der Waals surface area contributed by atoms with Crippen LogP contribution in [0.4, 0.5) is 17.1 Å². The van der Waals surface area contributed by atoms with Gasteiger partial charge < -0.3 is 42.6 Å². The van der Waals surface area contributed by atoms with Crippen LogP contribution in [0.3, 0.4) is 0 Å². The van der Waals surface area contributed by atoms with E-state index in [-0.39, 0.29) is 21.9 Å². The highest BCUT2D eigenvalue weighted by Crippen LogP contribution is 2.29. The summed E-state index contributed by atoms with van der Waals surface area (Å²) in [4.78, 5) is 4.87. The van der Waals surface area contributed by atoms with E-state index in [0.29, 0.717) is 0 Å². The number of ether oxygens (including phenoxy) is 1. The molecule has 0 atom stereocenters. The van der Waals surface area contributed by atoms with Crippen LogP contribution in [0, 0.1) is 0 Å². The summed E-state index contributed by atoms with van der Waals surface area (Å²) in [5.41, 5.74) is 9.42. The third kappa shape index (κ3) is 7.32. The number of hydrogen-bond acceptors (Lipinski definition) is 5. The highest BCUT2D eigenvalue weighted by molar-refractivity contribution is 5.73. The van der Waals surface area contributed by atoms with Gasteiger partial charge in [0.25, 0.3) is 0 Å². The topological polar surface area (TPSA) is 180 Å². The van der Waals surface area contributed by atoms with Crippen molar-refractivity contribution in [3.8, 4) is 0 Å². The molecular formula is C17H36N4O5. The lowest BCUT2D eigenvalue weighted by Crippen LogP contribution is -2.39. The zero-order valence-electron chi connectivity index (χ0n) is 15.4. The van der Waals surface area contributed by atoms with E-state index < -0.39 is 0 Å². The van der Waals surface area contributed by atoms with Gasteiger partial charge in [0.15, 0.2) is 0 Å². The van der Waals surface area contributed by atoms with E-state index in [0.717, 1.165) is 58.2 Å². The fourth-order valence-electron chi connectivity index (χ4n) is 3.25. The highest BCUT2D eigenvalue weighted by atomic mass is 16.5. The molecular weight excluding hydrogens is 340 g/mol. The van der Waals surface area contributed by atoms with Gasteiger partial charge in [-0.15, -0.1) is 0 Å². The molecule has 1 aromatic carbocycles. The summed E-state index contributed by atoms with van der Waals surface area (Å²) in [7, 11) is 0. The van der Waals surface area contributed by atoms with Crippen LogP contribution in [-0.4, -0.2) is 79.3 Å². The summed E-state index contributed by atoms with van der Waals surface area (Å²) in [6.45, 7) is 8.09. The molecule has 2 saturated heterocycles. The van der Waals surface area contributed by atoms with Gasteiger partial charge in [-0.3, -0.25) is 4.90 Å². The average molecular weight is 376 g/mol. The lowest BCUT2D eigenvalue weighted by atomic mass is 10.1. The number of piperidine rings is 1. The van der Waals surface area contributed by atoms with Crippen LogP contribution in [0.1, 0.15) is 19.3 Å². The van der Waals surface area contributed by atoms with Crippen LogP contribution in [0.25, 0.3) is 0 Å². The van der Waals surface area contributed by atoms with Gasteiger partial charge in [0.1, 0.15) is 0 Å². The lowest BCUT2D eigenvalue weighted by Gasteiger charge is -2.30. The van der Waals surface area contributed by atoms with E-state index in [2.05, 4.69) is 27.2 Å². The van der Waals surface area contributed by atoms with Gasteiger partial charge in [0.2, 0.25) is 0 Å². The zero-order chi connectivity index (χ0) is 15.2. The molecule has 0 saturated carbocycles. The fraction of sp³-hybridized carbons (Fsp3) is 0.647. The first-order valence-electron chi connectivity index (χ1n) is 8.51. The molecule has 2 aliphatic heterocycles. The summed E-state index contributed by atoms with van der Waals surface area (Å²) in [5, 5.41) is 3.53. The van der Waals surface area contributed by atoms with Gasteiger partial charge in [-0.25, -0.2) is 0 Å². The van der Waals surface area contributed by atoms with Crippen molar-refractivity contribution in [3.63, 3.8) is 0 Å². The van der Waals surface area contributed by atoms with Crippen molar-refractivity contribution in [1.29, 1.82) is 0 Å². The first-order valence-corrected chi connectivity index (χ1v) is 8.51. The number of benzene rings is 1. The van der Waals surface area contributed by atoms with Crippen LogP contribution in [0.15, 0.2) is 18.2 Å². The minimum Gasteiger partial charge on any atom is -0.412 e. The molecule has 154 valence electrons. The Hall–Kier alpha value is -1.62. The number of morpholine rings is 1. The monoisotopic (exact) mass is 376 g/mol. The number of rotatable bonds is 5. The molecule has 0 bridgehead atoms. The first kappa shape index (κ1) is 26.6. The summed E-state index contributed by atoms with van der Waals surface area (Å²) in [6.07, 6.45) is 3.89. The molecule has 26 heavy (non-hydrogen) atoms. The van der Waals surface area contributed by atoms with E-state index in [9.17, 15) is 0 Å². The SMILES string of the molecule is Nc1ccc(NCCN2CCOCC2)cc1N1CCCCC1.O.O.O.O. The van der Waals surface area contributed by atoms with E-state index in [1.807, 2.05) is 6.07 Å². The zero-order valence-corrected chi connectivity index (χ0v) is 15.4. The number of nitrogens with zero attached hydrogens (tertiary/aromatic N) is 2. The van der Waals surface area contributed by atoms with Crippen molar-refractivity contribution in [1.82, 2.24) is 4.90 Å². The van der Waals surface area contributed by atoms with Crippen molar-refractivity contribution in [3.05, 3.63) is 18.2 Å². The smallest absolute Gasteiger partial charge is 0.0620 e. The maximum atomic E-state index is 6.17. The van der Waals surface area contributed by atoms with Crippen molar-refractivity contribution in [2.24, 2.45) is 0 Å². The molecule has 0 spiro atoms. The second-order valence-corrected chi connectivity index (χ2v) is 6.20. The Morgan fingerprint density at radius 3 is 2.23 bits per heavy atom. The second kappa shape index (κ2) is 13.6. The van der Waals surface area contributed by atoms with Crippen LogP contribution in [0.2, 0.25) is 0 Å². The standard InChI is InChI=1S/C17H28N4O.4H2O/c18-16-5-4-15(14-17(16)21-7-2-1-3-8-21)19-6-9-20-10-12-22-13-11-20;;;;/h4-5,14,19H,1-3,6-13,18H2;4*1H2. The maximum Gasteiger partial charge on any atom is 0.0620 e. The predicted octanol–water partition coefficient (Wildman–Crippen LogP) is -1.30. The molecule has 9 heteroatoms. The van der Waals surface area contributed by atoms with Crippen LogP contribution in [-0.2, 0) is 4.74 Å². The first-order chi connectivity index (χ1) is 10.8. The number of anilines is 3. The van der Waals surface area contributed by atoms with Gasteiger partial charge in [-0.1, -0.05) is 0 Å². The minimum absolute atomic E-state index is 0. The Morgan fingerprint density at radius 1 is 0.923 bits per heavy atom. The molecule has 9 nitrogen and oxygen atoms in total. The van der Waals surface area contributed by atoms with Crippen molar-refractivity contribution >= 4 is 17.1 Å². The third-order valence-electron chi connectivity index (χ3n) is 4.59. The summed E-state index contributed by atoms with van der Waals surface area (Å²) >= 11 is 0. The normalized spacial score (nSPS) is 17.0. The number of nitrogens with two attached hydrogens (primary N) is 1. The Bertz CT molecular complexity index is 480. The molecule has 0 aliphatic carbocycles. The number of nitrogens with one attached hydrogen (secondary N) is 1. The molecule has 11 N–H and O–H groups in total. The highest BCUT2D eigenvalue weighted by Gasteiger charge is 2.14. The lowest BCUT2D eigenvalue weighted by molar-refractivity contribution is 0.0398. The average Bonchev–Trinajstić information content (AvgIpc) is 2.58. The van der Waals surface area contributed by atoms with Gasteiger partial charge in [-0.2, -0.15) is 0 Å². The van der Waals surface area contributed by atoms with Crippen molar-refractivity contribution in [2.45, 2.75) is 19.3 Å². The maximum absolute atomic E-state index is 6.17. The van der Waals surface area contributed by atoms with E-state index in [1.54, 1.807) is 0 Å². The van der Waals surface area contributed by atoms with Crippen LogP contribution < -0.4 is 16.0 Å². The summed E-state index contributed by atoms with van der Waals surface area (Å²) in [6, 6.07) is 6.32. The van der Waals surface area contributed by atoms with Gasteiger partial charge in [0, 0.05) is 45.0 Å². The predicted molar refractivity (Wildman–Crippen MR) is 107 cm³/mol. The third-order valence-corrected chi connectivity index (χ3v) is 4.59. The Kier molecular flexibility index (Phi) is 13.9. The van der Waals surface area contributed by atoms with Crippen LogP contribution in [0.5, 0.6) is 0 Å². The van der Waals surface area contributed by atoms with E-state index in [4.69, 9.17) is 10.5 Å². The Morgan fingerprint density at radius 2 is 1.58 bits per heavy atom. The molecule has 2 aliphatic rings. The summed E-state index contributed by atoms with van der Waals surface area (Å²) < 4.78 is 5.38. The summed E-state index contributed by atoms with van der Waals surface area (Å²) in [5.74, 6) is 0. The largest absolute Gasteiger partial charge is 0.412 e. The molecule has 3 rings (SSSR count). The molecule has 0 amide bonds.